The van der Waals surface area contributed by atoms with Crippen molar-refractivity contribution < 1.29 is 33.0 Å². The van der Waals surface area contributed by atoms with Crippen LogP contribution in [0.25, 0.3) is 5.57 Å². The molecule has 0 fully saturated rings. The molecule has 2 rings (SSSR count). The van der Waals surface area contributed by atoms with E-state index in [1.165, 1.54) is 24.3 Å². The van der Waals surface area contributed by atoms with Crippen LogP contribution < -0.4 is 0 Å². The lowest BCUT2D eigenvalue weighted by Crippen LogP contribution is -2.32. The van der Waals surface area contributed by atoms with Crippen molar-refractivity contribution in [2.75, 3.05) is 0 Å². The van der Waals surface area contributed by atoms with E-state index in [0.717, 1.165) is 6.07 Å². The molecule has 0 bridgehead atoms. The molecule has 0 heterocycles. The largest absolute Gasteiger partial charge is 0.481 e. The molecule has 22 heavy (non-hydrogen) atoms. The number of rotatable bonds is 3. The maximum absolute atomic E-state index is 13.0. The quantitative estimate of drug-likeness (QED) is 0.898. The molecule has 7 heteroatoms. The normalized spacial score (nSPS) is 22.0. The van der Waals surface area contributed by atoms with Crippen LogP contribution >= 0.6 is 0 Å². The minimum absolute atomic E-state index is 0.0925. The number of hydrogen-bond acceptors (Lipinski definition) is 2. The molecule has 0 amide bonds. The average molecular weight is 314 g/mol. The number of carboxylic acid groups (broad SMARTS) is 2. The summed E-state index contributed by atoms with van der Waals surface area (Å²) in [6.07, 6.45) is -3.50. The van der Waals surface area contributed by atoms with E-state index < -0.39 is 35.5 Å². The van der Waals surface area contributed by atoms with Gasteiger partial charge < -0.3 is 10.2 Å². The van der Waals surface area contributed by atoms with E-state index in [1.807, 2.05) is 0 Å². The van der Waals surface area contributed by atoms with Crippen LogP contribution in [0.2, 0.25) is 0 Å². The van der Waals surface area contributed by atoms with Crippen LogP contribution in [0.1, 0.15) is 24.0 Å². The molecule has 1 aromatic carbocycles. The second-order valence-electron chi connectivity index (χ2n) is 5.10. The van der Waals surface area contributed by atoms with Crippen LogP contribution in [-0.4, -0.2) is 22.2 Å². The summed E-state index contributed by atoms with van der Waals surface area (Å²) in [5.74, 6) is -4.94. The second kappa shape index (κ2) is 5.82. The van der Waals surface area contributed by atoms with E-state index in [0.29, 0.717) is 0 Å². The Kier molecular flexibility index (Phi) is 4.25. The molecule has 1 aliphatic rings. The van der Waals surface area contributed by atoms with E-state index in [-0.39, 0.29) is 24.0 Å². The first-order chi connectivity index (χ1) is 10.2. The number of allylic oxidation sites excluding steroid dienone is 2. The zero-order valence-corrected chi connectivity index (χ0v) is 11.3. The minimum Gasteiger partial charge on any atom is -0.481 e. The second-order valence-corrected chi connectivity index (χ2v) is 5.10. The molecule has 0 aliphatic heterocycles. The summed E-state index contributed by atoms with van der Waals surface area (Å²) in [6.45, 7) is 0. The van der Waals surface area contributed by atoms with Crippen LogP contribution in [0.3, 0.4) is 0 Å². The Morgan fingerprint density at radius 1 is 1.05 bits per heavy atom. The van der Waals surface area contributed by atoms with Gasteiger partial charge in [0.15, 0.2) is 0 Å². The van der Waals surface area contributed by atoms with Crippen LogP contribution in [0, 0.1) is 11.8 Å². The predicted octanol–water partition coefficient (Wildman–Crippen LogP) is 3.28. The van der Waals surface area contributed by atoms with E-state index in [2.05, 4.69) is 0 Å². The fraction of sp³-hybridized carbons (Fsp3) is 0.333. The van der Waals surface area contributed by atoms with Gasteiger partial charge in [0, 0.05) is 0 Å². The number of halogens is 3. The van der Waals surface area contributed by atoms with Crippen molar-refractivity contribution in [2.45, 2.75) is 19.0 Å². The summed E-state index contributed by atoms with van der Waals surface area (Å²) >= 11 is 0. The fourth-order valence-corrected chi connectivity index (χ4v) is 2.66. The number of benzene rings is 1. The van der Waals surface area contributed by atoms with Crippen LogP contribution in [-0.2, 0) is 15.8 Å². The van der Waals surface area contributed by atoms with Crippen LogP contribution in [0.4, 0.5) is 13.2 Å². The first-order valence-electron chi connectivity index (χ1n) is 6.53. The highest BCUT2D eigenvalue weighted by Gasteiger charge is 2.39. The van der Waals surface area contributed by atoms with Gasteiger partial charge in [-0.15, -0.1) is 0 Å². The Hall–Kier alpha value is -2.31. The van der Waals surface area contributed by atoms with Crippen molar-refractivity contribution in [3.63, 3.8) is 0 Å². The SMILES string of the molecule is O=C(O)C1CC=C(c2ccccc2C(F)(F)F)CC1C(=O)O. The Labute approximate surface area is 123 Å². The average Bonchev–Trinajstić information content (AvgIpc) is 2.45. The highest BCUT2D eigenvalue weighted by atomic mass is 19.4. The van der Waals surface area contributed by atoms with Gasteiger partial charge >= 0.3 is 18.1 Å². The number of alkyl halides is 3. The lowest BCUT2D eigenvalue weighted by atomic mass is 9.77. The lowest BCUT2D eigenvalue weighted by molar-refractivity contribution is -0.153. The summed E-state index contributed by atoms with van der Waals surface area (Å²) < 4.78 is 39.1. The summed E-state index contributed by atoms with van der Waals surface area (Å²) in [5, 5.41) is 18.2. The van der Waals surface area contributed by atoms with Crippen molar-refractivity contribution in [3.05, 3.63) is 41.5 Å². The molecule has 1 aliphatic carbocycles. The summed E-state index contributed by atoms with van der Waals surface area (Å²) in [6, 6.07) is 4.89. The molecule has 4 nitrogen and oxygen atoms in total. The van der Waals surface area contributed by atoms with Crippen molar-refractivity contribution in [1.82, 2.24) is 0 Å². The molecule has 0 saturated carbocycles. The molecule has 0 aromatic heterocycles. The highest BCUT2D eigenvalue weighted by Crippen LogP contribution is 2.40. The number of hydrogen-bond donors (Lipinski definition) is 2. The van der Waals surface area contributed by atoms with Gasteiger partial charge in [-0.25, -0.2) is 0 Å². The van der Waals surface area contributed by atoms with E-state index in [9.17, 15) is 22.8 Å². The van der Waals surface area contributed by atoms with Gasteiger partial charge in [0.2, 0.25) is 0 Å². The maximum Gasteiger partial charge on any atom is 0.416 e. The zero-order valence-electron chi connectivity index (χ0n) is 11.3. The highest BCUT2D eigenvalue weighted by molar-refractivity contribution is 5.84. The number of aliphatic carboxylic acids is 2. The summed E-state index contributed by atoms with van der Waals surface area (Å²) in [4.78, 5) is 22.3. The zero-order chi connectivity index (χ0) is 16.5. The first kappa shape index (κ1) is 16.1. The Morgan fingerprint density at radius 3 is 2.18 bits per heavy atom. The van der Waals surface area contributed by atoms with Gasteiger partial charge in [-0.3, -0.25) is 9.59 Å². The Morgan fingerprint density at radius 2 is 1.64 bits per heavy atom. The summed E-state index contributed by atoms with van der Waals surface area (Å²) in [7, 11) is 0. The first-order valence-corrected chi connectivity index (χ1v) is 6.53. The predicted molar refractivity (Wildman–Crippen MR) is 70.9 cm³/mol. The molecule has 1 aromatic rings. The van der Waals surface area contributed by atoms with Gasteiger partial charge in [-0.05, 0) is 30.0 Å². The van der Waals surface area contributed by atoms with Crippen molar-refractivity contribution in [3.8, 4) is 0 Å². The lowest BCUT2D eigenvalue weighted by Gasteiger charge is -2.27. The molecule has 0 spiro atoms. The van der Waals surface area contributed by atoms with E-state index in [1.54, 1.807) is 0 Å². The number of carbonyl (C=O) groups is 2. The fourth-order valence-electron chi connectivity index (χ4n) is 2.66. The van der Waals surface area contributed by atoms with E-state index >= 15 is 0 Å². The third kappa shape index (κ3) is 3.13. The topological polar surface area (TPSA) is 74.6 Å². The molecule has 118 valence electrons. The molecular formula is C15H13F3O4. The molecular weight excluding hydrogens is 301 g/mol. The molecule has 0 radical (unpaired) electrons. The van der Waals surface area contributed by atoms with E-state index in [4.69, 9.17) is 10.2 Å². The van der Waals surface area contributed by atoms with Gasteiger partial charge in [0.1, 0.15) is 0 Å². The van der Waals surface area contributed by atoms with Gasteiger partial charge in [-0.2, -0.15) is 13.2 Å². The van der Waals surface area contributed by atoms with Gasteiger partial charge in [0.25, 0.3) is 0 Å². The monoisotopic (exact) mass is 314 g/mol. The summed E-state index contributed by atoms with van der Waals surface area (Å²) in [5.41, 5.74) is -0.720. The number of carboxylic acids is 2. The maximum atomic E-state index is 13.0. The van der Waals surface area contributed by atoms with Crippen molar-refractivity contribution in [1.29, 1.82) is 0 Å². The Balaban J connectivity index is 2.43. The van der Waals surface area contributed by atoms with Gasteiger partial charge in [-0.1, -0.05) is 24.3 Å². The molecule has 2 unspecified atom stereocenters. The van der Waals surface area contributed by atoms with Crippen molar-refractivity contribution >= 4 is 17.5 Å². The molecule has 2 N–H and O–H groups in total. The van der Waals surface area contributed by atoms with Gasteiger partial charge in [0.05, 0.1) is 17.4 Å². The standard InChI is InChI=1S/C15H13F3O4/c16-15(17,18)12-4-2-1-3-9(12)8-5-6-10(13(19)20)11(7-8)14(21)22/h1-5,10-11H,6-7H2,(H,19,20)(H,21,22). The minimum atomic E-state index is -4.56. The molecule has 2 atom stereocenters. The smallest absolute Gasteiger partial charge is 0.416 e. The third-order valence-corrected chi connectivity index (χ3v) is 3.76. The molecule has 0 saturated heterocycles. The van der Waals surface area contributed by atoms with Crippen molar-refractivity contribution in [2.24, 2.45) is 11.8 Å². The van der Waals surface area contributed by atoms with Crippen LogP contribution in [0.15, 0.2) is 30.3 Å². The van der Waals surface area contributed by atoms with Crippen LogP contribution in [0.5, 0.6) is 0 Å². The third-order valence-electron chi connectivity index (χ3n) is 3.76. The Bertz CT molecular complexity index is 634.